The summed E-state index contributed by atoms with van der Waals surface area (Å²) in [6, 6.07) is 9.48. The van der Waals surface area contributed by atoms with E-state index in [1.807, 2.05) is 12.3 Å². The molecule has 1 aromatic carbocycles. The number of imidazole rings is 1. The van der Waals surface area contributed by atoms with Crippen LogP contribution in [0.1, 0.15) is 63.8 Å². The summed E-state index contributed by atoms with van der Waals surface area (Å²) >= 11 is 0. The van der Waals surface area contributed by atoms with Gasteiger partial charge >= 0.3 is 0 Å². The number of hydrogen-bond donors (Lipinski definition) is 1. The molecule has 1 saturated carbocycles. The van der Waals surface area contributed by atoms with Crippen molar-refractivity contribution in [2.24, 2.45) is 4.99 Å². The first-order valence-electron chi connectivity index (χ1n) is 10.2. The van der Waals surface area contributed by atoms with Crippen LogP contribution in [0.5, 0.6) is 0 Å². The molecule has 1 aromatic heterocycles. The minimum Gasteiger partial charge on any atom is -0.323 e. The van der Waals surface area contributed by atoms with Gasteiger partial charge in [-0.15, -0.1) is 4.99 Å². The molecule has 0 amide bonds. The number of H-pyrrole nitrogens is 1. The number of nitrogens with one attached hydrogen (secondary N) is 1. The van der Waals surface area contributed by atoms with Crippen LogP contribution in [0.25, 0.3) is 11.0 Å². The molecule has 5 heteroatoms. The van der Waals surface area contributed by atoms with Gasteiger partial charge in [-0.1, -0.05) is 44.2 Å². The largest absolute Gasteiger partial charge is 0.323 e. The van der Waals surface area contributed by atoms with Gasteiger partial charge in [-0.2, -0.15) is 5.26 Å². The minimum absolute atomic E-state index is 0.419. The SMILES string of the molecule is N#C/N=c1/[nH]c2ccccc2n1C1CCN(C2CCCCCCC2)CC1. The second kappa shape index (κ2) is 8.09. The molecule has 0 atom stereocenters. The lowest BCUT2D eigenvalue weighted by Crippen LogP contribution is -2.43. The molecule has 138 valence electrons. The highest BCUT2D eigenvalue weighted by Crippen LogP contribution is 2.29. The van der Waals surface area contributed by atoms with Gasteiger partial charge in [0.05, 0.1) is 11.0 Å². The first-order chi connectivity index (χ1) is 12.9. The van der Waals surface area contributed by atoms with E-state index in [1.54, 1.807) is 0 Å². The van der Waals surface area contributed by atoms with Crippen LogP contribution in [0.15, 0.2) is 29.3 Å². The highest BCUT2D eigenvalue weighted by atomic mass is 15.2. The maximum Gasteiger partial charge on any atom is 0.219 e. The lowest BCUT2D eigenvalue weighted by molar-refractivity contribution is 0.115. The van der Waals surface area contributed by atoms with E-state index >= 15 is 0 Å². The summed E-state index contributed by atoms with van der Waals surface area (Å²) in [6.07, 6.45) is 14.0. The summed E-state index contributed by atoms with van der Waals surface area (Å²) in [4.78, 5) is 10.1. The minimum atomic E-state index is 0.419. The van der Waals surface area contributed by atoms with Crippen molar-refractivity contribution in [1.29, 1.82) is 5.26 Å². The maximum atomic E-state index is 9.07. The Morgan fingerprint density at radius 2 is 1.62 bits per heavy atom. The van der Waals surface area contributed by atoms with E-state index in [-0.39, 0.29) is 0 Å². The second-order valence-corrected chi connectivity index (χ2v) is 7.81. The second-order valence-electron chi connectivity index (χ2n) is 7.81. The fraction of sp³-hybridized carbons (Fsp3) is 0.619. The lowest BCUT2D eigenvalue weighted by Gasteiger charge is -2.39. The average molecular weight is 351 g/mol. The maximum absolute atomic E-state index is 9.07. The Labute approximate surface area is 155 Å². The molecule has 4 rings (SSSR count). The molecular weight excluding hydrogens is 322 g/mol. The predicted molar refractivity (Wildman–Crippen MR) is 103 cm³/mol. The Kier molecular flexibility index (Phi) is 5.40. The van der Waals surface area contributed by atoms with Crippen molar-refractivity contribution in [3.05, 3.63) is 29.9 Å². The lowest BCUT2D eigenvalue weighted by atomic mass is 9.93. The van der Waals surface area contributed by atoms with Gasteiger partial charge in [-0.25, -0.2) is 0 Å². The van der Waals surface area contributed by atoms with Crippen LogP contribution in [-0.2, 0) is 0 Å². The molecule has 2 aliphatic rings. The zero-order valence-electron chi connectivity index (χ0n) is 15.5. The highest BCUT2D eigenvalue weighted by Gasteiger charge is 2.27. The van der Waals surface area contributed by atoms with Crippen molar-refractivity contribution in [3.8, 4) is 6.19 Å². The zero-order valence-corrected chi connectivity index (χ0v) is 15.5. The molecule has 26 heavy (non-hydrogen) atoms. The number of nitriles is 1. The molecule has 5 nitrogen and oxygen atoms in total. The third-order valence-electron chi connectivity index (χ3n) is 6.25. The topological polar surface area (TPSA) is 60.1 Å². The van der Waals surface area contributed by atoms with Crippen LogP contribution < -0.4 is 5.62 Å². The summed E-state index contributed by atoms with van der Waals surface area (Å²) in [5.41, 5.74) is 2.91. The van der Waals surface area contributed by atoms with Crippen LogP contribution in [0, 0.1) is 11.5 Å². The van der Waals surface area contributed by atoms with Crippen molar-refractivity contribution in [2.75, 3.05) is 13.1 Å². The predicted octanol–water partition coefficient (Wildman–Crippen LogP) is 4.10. The summed E-state index contributed by atoms with van der Waals surface area (Å²) in [7, 11) is 0. The monoisotopic (exact) mass is 351 g/mol. The normalized spacial score (nSPS) is 22.2. The summed E-state index contributed by atoms with van der Waals surface area (Å²) in [5.74, 6) is 0. The number of fused-ring (bicyclic) bond motifs is 1. The van der Waals surface area contributed by atoms with Crippen molar-refractivity contribution >= 4 is 11.0 Å². The number of hydrogen-bond acceptors (Lipinski definition) is 3. The Hall–Kier alpha value is -2.06. The van der Waals surface area contributed by atoms with E-state index in [0.29, 0.717) is 11.7 Å². The van der Waals surface area contributed by atoms with Gasteiger partial charge in [0.15, 0.2) is 0 Å². The molecule has 0 spiro atoms. The molecule has 2 aromatic rings. The molecule has 2 fully saturated rings. The fourth-order valence-corrected chi connectivity index (χ4v) is 4.89. The van der Waals surface area contributed by atoms with Crippen LogP contribution in [0.3, 0.4) is 0 Å². The molecule has 2 heterocycles. The molecule has 1 saturated heterocycles. The molecule has 0 unspecified atom stereocenters. The van der Waals surface area contributed by atoms with Crippen LogP contribution >= 0.6 is 0 Å². The van der Waals surface area contributed by atoms with Crippen LogP contribution in [-0.4, -0.2) is 33.6 Å². The smallest absolute Gasteiger partial charge is 0.219 e. The fourth-order valence-electron chi connectivity index (χ4n) is 4.89. The summed E-state index contributed by atoms with van der Waals surface area (Å²) in [6.45, 7) is 2.32. The van der Waals surface area contributed by atoms with Gasteiger partial charge in [0.25, 0.3) is 0 Å². The molecule has 0 bridgehead atoms. The van der Waals surface area contributed by atoms with E-state index in [0.717, 1.165) is 43.0 Å². The van der Waals surface area contributed by atoms with E-state index in [2.05, 4.69) is 37.6 Å². The number of benzene rings is 1. The number of para-hydroxylation sites is 2. The molecule has 0 radical (unpaired) electrons. The highest BCUT2D eigenvalue weighted by molar-refractivity contribution is 5.75. The van der Waals surface area contributed by atoms with Crippen molar-refractivity contribution < 1.29 is 0 Å². The van der Waals surface area contributed by atoms with Gasteiger partial charge in [0.1, 0.15) is 0 Å². The van der Waals surface area contributed by atoms with Crippen LogP contribution in [0.4, 0.5) is 0 Å². The van der Waals surface area contributed by atoms with Gasteiger partial charge in [0.2, 0.25) is 11.8 Å². The first kappa shape index (κ1) is 17.4. The Bertz CT molecular complexity index is 824. The number of likely N-dealkylation sites (tertiary alicyclic amines) is 1. The van der Waals surface area contributed by atoms with Gasteiger partial charge in [-0.3, -0.25) is 0 Å². The van der Waals surface area contributed by atoms with Crippen molar-refractivity contribution in [2.45, 2.75) is 69.9 Å². The van der Waals surface area contributed by atoms with Crippen LogP contribution in [0.2, 0.25) is 0 Å². The third kappa shape index (κ3) is 3.57. The van der Waals surface area contributed by atoms with Gasteiger partial charge in [-0.05, 0) is 37.8 Å². The quantitative estimate of drug-likeness (QED) is 0.828. The van der Waals surface area contributed by atoms with E-state index in [4.69, 9.17) is 5.26 Å². The Morgan fingerprint density at radius 1 is 0.923 bits per heavy atom. The summed E-state index contributed by atoms with van der Waals surface area (Å²) < 4.78 is 2.26. The molecular formula is C21H29N5. The van der Waals surface area contributed by atoms with Crippen molar-refractivity contribution in [1.82, 2.24) is 14.5 Å². The van der Waals surface area contributed by atoms with Crippen molar-refractivity contribution in [3.63, 3.8) is 0 Å². The number of rotatable bonds is 2. The standard InChI is InChI=1S/C21H29N5/c22-16-23-21-24-19-10-6-7-11-20(19)26(21)18-12-14-25(15-13-18)17-8-4-2-1-3-5-9-17/h6-7,10-11,17-18H,1-5,8-9,12-15H2,(H,23,24). The van der Waals surface area contributed by atoms with Gasteiger partial charge in [0, 0.05) is 25.2 Å². The average Bonchev–Trinajstić information content (AvgIpc) is 3.00. The number of aromatic nitrogens is 2. The number of piperidine rings is 1. The first-order valence-corrected chi connectivity index (χ1v) is 10.2. The summed E-state index contributed by atoms with van der Waals surface area (Å²) in [5, 5.41) is 9.07. The Balaban J connectivity index is 1.51. The Morgan fingerprint density at radius 3 is 2.35 bits per heavy atom. The molecule has 1 aliphatic carbocycles. The molecule has 1 N–H and O–H groups in total. The number of aromatic amines is 1. The number of nitrogens with zero attached hydrogens (tertiary/aromatic N) is 4. The third-order valence-corrected chi connectivity index (χ3v) is 6.25. The van der Waals surface area contributed by atoms with E-state index in [9.17, 15) is 0 Å². The zero-order chi connectivity index (χ0) is 17.8. The van der Waals surface area contributed by atoms with E-state index < -0.39 is 0 Å². The van der Waals surface area contributed by atoms with E-state index in [1.165, 1.54) is 44.9 Å². The van der Waals surface area contributed by atoms with Gasteiger partial charge < -0.3 is 14.5 Å². The molecule has 1 aliphatic heterocycles.